The molecule has 5 nitrogen and oxygen atoms in total. The number of esters is 1. The van der Waals surface area contributed by atoms with Crippen molar-refractivity contribution in [3.05, 3.63) is 29.3 Å². The van der Waals surface area contributed by atoms with E-state index in [1.54, 1.807) is 0 Å². The molecule has 0 spiro atoms. The molecule has 128 valence electrons. The van der Waals surface area contributed by atoms with Crippen LogP contribution >= 0.6 is 0 Å². The molecule has 0 radical (unpaired) electrons. The highest BCUT2D eigenvalue weighted by molar-refractivity contribution is 6.69. The first-order valence-corrected chi connectivity index (χ1v) is 8.32. The van der Waals surface area contributed by atoms with E-state index in [2.05, 4.69) is 5.97 Å². The summed E-state index contributed by atoms with van der Waals surface area (Å²) >= 11 is 0. The van der Waals surface area contributed by atoms with Gasteiger partial charge in [0, 0.05) is 5.97 Å². The van der Waals surface area contributed by atoms with Crippen molar-refractivity contribution < 1.29 is 19.4 Å². The molecule has 0 amide bonds. The smallest absolute Gasteiger partial charge is 0.308 e. The molecule has 24 heavy (non-hydrogen) atoms. The van der Waals surface area contributed by atoms with E-state index in [1.165, 1.54) is 7.11 Å². The number of hydrogen-bond donors (Lipinski definition) is 1. The lowest BCUT2D eigenvalue weighted by molar-refractivity contribution is -0.144. The van der Waals surface area contributed by atoms with Gasteiger partial charge in [-0.25, -0.2) is 5.26 Å². The van der Waals surface area contributed by atoms with Gasteiger partial charge in [-0.05, 0) is 36.5 Å². The summed E-state index contributed by atoms with van der Waals surface area (Å²) in [5.74, 6) is 2.72. The third-order valence-electron chi connectivity index (χ3n) is 4.70. The van der Waals surface area contributed by atoms with Crippen molar-refractivity contribution >= 4 is 12.7 Å². The van der Waals surface area contributed by atoms with Crippen molar-refractivity contribution in [1.82, 2.24) is 0 Å². The summed E-state index contributed by atoms with van der Waals surface area (Å²) in [6.07, 6.45) is 1.59. The standard InChI is InChI=1S/C18H24BNO4/c1-12-6-14(7-13(2)18(22)23-3)4-5-17(12)24-10-16(21)15-8-19(9-15)11-20/h4-6,13,15-16,21H,7-10H2,1-3H3. The van der Waals surface area contributed by atoms with E-state index in [0.29, 0.717) is 6.42 Å². The lowest BCUT2D eigenvalue weighted by Crippen LogP contribution is -2.40. The Bertz CT molecular complexity index is 622. The number of aliphatic hydroxyl groups excluding tert-OH is 1. The van der Waals surface area contributed by atoms with E-state index in [1.807, 2.05) is 32.0 Å². The Kier molecular flexibility index (Phi) is 6.27. The van der Waals surface area contributed by atoms with Crippen molar-refractivity contribution in [2.24, 2.45) is 11.8 Å². The lowest BCUT2D eigenvalue weighted by atomic mass is 9.32. The van der Waals surface area contributed by atoms with Gasteiger partial charge in [-0.1, -0.05) is 31.7 Å². The number of methoxy groups -OCH3 is 1. The maximum Gasteiger partial charge on any atom is 0.308 e. The van der Waals surface area contributed by atoms with E-state index in [0.717, 1.165) is 29.5 Å². The summed E-state index contributed by atoms with van der Waals surface area (Å²) < 4.78 is 10.5. The Morgan fingerprint density at radius 3 is 2.79 bits per heavy atom. The van der Waals surface area contributed by atoms with Gasteiger partial charge in [-0.15, -0.1) is 0 Å². The molecule has 0 aromatic heterocycles. The van der Waals surface area contributed by atoms with Crippen LogP contribution in [0.3, 0.4) is 0 Å². The molecule has 2 rings (SSSR count). The summed E-state index contributed by atoms with van der Waals surface area (Å²) in [6.45, 7) is 4.11. The molecule has 1 aromatic rings. The summed E-state index contributed by atoms with van der Waals surface area (Å²) in [5, 5.41) is 18.9. The maximum absolute atomic E-state index is 11.5. The van der Waals surface area contributed by atoms with Gasteiger partial charge in [0.05, 0.1) is 19.1 Å². The number of nitriles is 1. The zero-order valence-corrected chi connectivity index (χ0v) is 14.5. The van der Waals surface area contributed by atoms with Crippen molar-refractivity contribution in [2.45, 2.75) is 39.0 Å². The van der Waals surface area contributed by atoms with Gasteiger partial charge in [-0.3, -0.25) is 4.79 Å². The van der Waals surface area contributed by atoms with Gasteiger partial charge in [0.25, 0.3) is 6.71 Å². The summed E-state index contributed by atoms with van der Waals surface area (Å²) in [6, 6.07) is 5.81. The molecule has 1 aromatic carbocycles. The first-order valence-electron chi connectivity index (χ1n) is 8.32. The molecule has 1 fully saturated rings. The van der Waals surface area contributed by atoms with Gasteiger partial charge < -0.3 is 14.6 Å². The number of hydrogen-bond acceptors (Lipinski definition) is 5. The topological polar surface area (TPSA) is 79.6 Å². The Balaban J connectivity index is 1.86. The third-order valence-corrected chi connectivity index (χ3v) is 4.70. The number of nitrogens with zero attached hydrogens (tertiary/aromatic N) is 1. The van der Waals surface area contributed by atoms with Crippen molar-refractivity contribution in [3.63, 3.8) is 0 Å². The zero-order chi connectivity index (χ0) is 17.7. The zero-order valence-electron chi connectivity index (χ0n) is 14.5. The summed E-state index contributed by atoms with van der Waals surface area (Å²) in [7, 11) is 1.40. The number of rotatable bonds is 7. The van der Waals surface area contributed by atoms with E-state index >= 15 is 0 Å². The molecule has 1 aliphatic heterocycles. The van der Waals surface area contributed by atoms with E-state index < -0.39 is 6.10 Å². The van der Waals surface area contributed by atoms with Crippen LogP contribution in [0, 0.1) is 30.0 Å². The first kappa shape index (κ1) is 18.3. The Morgan fingerprint density at radius 2 is 2.21 bits per heavy atom. The van der Waals surface area contributed by atoms with E-state index in [9.17, 15) is 9.90 Å². The van der Waals surface area contributed by atoms with Gasteiger partial charge in [0.1, 0.15) is 12.4 Å². The average Bonchev–Trinajstić information content (AvgIpc) is 2.52. The van der Waals surface area contributed by atoms with Crippen LogP contribution in [0.4, 0.5) is 0 Å². The molecule has 0 saturated carbocycles. The number of aryl methyl sites for hydroxylation is 1. The second-order valence-electron chi connectivity index (χ2n) is 6.66. The van der Waals surface area contributed by atoms with Crippen LogP contribution in [0.1, 0.15) is 18.1 Å². The number of benzene rings is 1. The molecule has 0 bridgehead atoms. The number of ether oxygens (including phenoxy) is 2. The lowest BCUT2D eigenvalue weighted by Gasteiger charge is -2.32. The fraction of sp³-hybridized carbons (Fsp3) is 0.556. The normalized spacial score (nSPS) is 16.7. The van der Waals surface area contributed by atoms with Crippen LogP contribution in [-0.4, -0.2) is 37.6 Å². The third kappa shape index (κ3) is 4.51. The van der Waals surface area contributed by atoms with Crippen molar-refractivity contribution in [3.8, 4) is 11.7 Å². The SMILES string of the molecule is COC(=O)C(C)Cc1ccc(OCC(O)C2CB(C#N)C2)c(C)c1. The van der Waals surface area contributed by atoms with Crippen molar-refractivity contribution in [2.75, 3.05) is 13.7 Å². The van der Waals surface area contributed by atoms with Gasteiger partial charge in [-0.2, -0.15) is 0 Å². The highest BCUT2D eigenvalue weighted by Crippen LogP contribution is 2.32. The molecular formula is C18H24BNO4. The van der Waals surface area contributed by atoms with Crippen LogP contribution in [-0.2, 0) is 16.0 Å². The highest BCUT2D eigenvalue weighted by Gasteiger charge is 2.37. The second-order valence-corrected chi connectivity index (χ2v) is 6.66. The minimum atomic E-state index is -0.534. The molecule has 1 saturated heterocycles. The fourth-order valence-corrected chi connectivity index (χ4v) is 3.03. The summed E-state index contributed by atoms with van der Waals surface area (Å²) in [5.41, 5.74) is 2.02. The van der Waals surface area contributed by atoms with Gasteiger partial charge >= 0.3 is 5.97 Å². The van der Waals surface area contributed by atoms with E-state index in [4.69, 9.17) is 14.7 Å². The van der Waals surface area contributed by atoms with Crippen LogP contribution in [0.15, 0.2) is 18.2 Å². The van der Waals surface area contributed by atoms with Crippen LogP contribution in [0.25, 0.3) is 0 Å². The molecule has 1 aliphatic rings. The molecule has 2 atom stereocenters. The monoisotopic (exact) mass is 329 g/mol. The second kappa shape index (κ2) is 8.21. The predicted molar refractivity (Wildman–Crippen MR) is 92.0 cm³/mol. The van der Waals surface area contributed by atoms with Crippen LogP contribution < -0.4 is 4.74 Å². The van der Waals surface area contributed by atoms with Crippen LogP contribution in [0.5, 0.6) is 5.75 Å². The molecular weight excluding hydrogens is 305 g/mol. The number of carbonyl (C=O) groups is 1. The van der Waals surface area contributed by atoms with Crippen LogP contribution in [0.2, 0.25) is 12.6 Å². The Hall–Kier alpha value is -2.00. The van der Waals surface area contributed by atoms with Crippen molar-refractivity contribution in [1.29, 1.82) is 5.26 Å². The minimum absolute atomic E-state index is 0.0856. The molecule has 1 heterocycles. The van der Waals surface area contributed by atoms with Gasteiger partial charge in [0.15, 0.2) is 0 Å². The number of aliphatic hydroxyl groups is 1. The fourth-order valence-electron chi connectivity index (χ4n) is 3.03. The molecule has 0 aliphatic carbocycles. The van der Waals surface area contributed by atoms with Gasteiger partial charge in [0.2, 0.25) is 0 Å². The summed E-state index contributed by atoms with van der Waals surface area (Å²) in [4.78, 5) is 11.5. The Morgan fingerprint density at radius 1 is 1.50 bits per heavy atom. The quantitative estimate of drug-likeness (QED) is 0.613. The number of carbonyl (C=O) groups excluding carboxylic acids is 1. The average molecular weight is 329 g/mol. The Labute approximate surface area is 143 Å². The minimum Gasteiger partial charge on any atom is -0.491 e. The highest BCUT2D eigenvalue weighted by atomic mass is 16.5. The molecule has 1 N–H and O–H groups in total. The molecule has 6 heteroatoms. The predicted octanol–water partition coefficient (Wildman–Crippen LogP) is 2.27. The molecule has 2 unspecified atom stereocenters. The first-order chi connectivity index (χ1) is 11.4. The van der Waals surface area contributed by atoms with E-state index in [-0.39, 0.29) is 31.1 Å². The maximum atomic E-state index is 11.5. The largest absolute Gasteiger partial charge is 0.491 e.